The minimum Gasteiger partial charge on any atom is -0.456 e. The molecule has 308 valence electrons. The summed E-state index contributed by atoms with van der Waals surface area (Å²) in [7, 11) is 0. The number of hydrogen-bond donors (Lipinski definition) is 0. The van der Waals surface area contributed by atoms with E-state index in [-0.39, 0.29) is 0 Å². The van der Waals surface area contributed by atoms with Crippen molar-refractivity contribution in [1.29, 1.82) is 0 Å². The normalized spacial score (nSPS) is 11.6. The molecule has 4 heterocycles. The van der Waals surface area contributed by atoms with Gasteiger partial charge in [-0.15, -0.1) is 0 Å². The van der Waals surface area contributed by atoms with Crippen LogP contribution in [0.2, 0.25) is 0 Å². The molecule has 0 bridgehead atoms. The summed E-state index contributed by atoms with van der Waals surface area (Å²) in [5.74, 6) is 2.33. The molecule has 0 saturated carbocycles. The first-order valence-electron chi connectivity index (χ1n) is 21.9. The number of fused-ring (bicyclic) bond motifs is 7. The van der Waals surface area contributed by atoms with E-state index in [0.717, 1.165) is 105 Å². The molecule has 13 aromatic rings. The highest BCUT2D eigenvalue weighted by Gasteiger charge is 2.19. The van der Waals surface area contributed by atoms with Crippen LogP contribution in [0, 0.1) is 0 Å². The average Bonchev–Trinajstić information content (AvgIpc) is 3.96. The molecule has 13 rings (SSSR count). The summed E-state index contributed by atoms with van der Waals surface area (Å²) >= 11 is 0. The number of furan rings is 2. The van der Waals surface area contributed by atoms with Crippen LogP contribution in [0.4, 0.5) is 0 Å². The molecule has 0 aliphatic rings. The smallest absolute Gasteiger partial charge is 0.167 e. The Bertz CT molecular complexity index is 4010. The zero-order valence-electron chi connectivity index (χ0n) is 35.3. The molecule has 0 aliphatic heterocycles. The minimum atomic E-state index is 0.540. The van der Waals surface area contributed by atoms with E-state index in [1.54, 1.807) is 0 Å². The average molecular weight is 846 g/mol. The van der Waals surface area contributed by atoms with Crippen LogP contribution in [-0.4, -0.2) is 24.9 Å². The van der Waals surface area contributed by atoms with Crippen molar-refractivity contribution in [1.82, 2.24) is 24.9 Å². The fraction of sp³-hybridized carbons (Fsp3) is 0. The molecule has 66 heavy (non-hydrogen) atoms. The molecule has 0 spiro atoms. The van der Waals surface area contributed by atoms with E-state index in [1.165, 1.54) is 5.39 Å². The Morgan fingerprint density at radius 2 is 0.773 bits per heavy atom. The van der Waals surface area contributed by atoms with Gasteiger partial charge >= 0.3 is 0 Å². The third-order valence-corrected chi connectivity index (χ3v) is 12.3. The van der Waals surface area contributed by atoms with Gasteiger partial charge in [0.15, 0.2) is 23.3 Å². The van der Waals surface area contributed by atoms with Crippen molar-refractivity contribution < 1.29 is 8.83 Å². The molecular weight excluding hydrogens is 811 g/mol. The van der Waals surface area contributed by atoms with Gasteiger partial charge in [0.25, 0.3) is 0 Å². The molecule has 9 aromatic carbocycles. The standard InChI is InChI=1S/C59H35N5O2/c1-3-14-36(15-4-1)56-60-50(35-51(61-56)43-28-29-46-49-32-40-18-7-8-19-41(40)33-54(49)65-53(46)34-43)42-22-11-20-38(30-42)39-21-12-23-44(31-39)58-62-57(37-16-5-2-6-17-37)63-59(64-58)48-26-13-25-47-45-24-9-10-27-52(45)66-55(47)48/h1-35H. The van der Waals surface area contributed by atoms with Gasteiger partial charge in [0.05, 0.1) is 17.0 Å². The first-order chi connectivity index (χ1) is 32.6. The molecule has 0 atom stereocenters. The predicted octanol–water partition coefficient (Wildman–Crippen LogP) is 15.3. The third kappa shape index (κ3) is 6.57. The maximum absolute atomic E-state index is 6.49. The van der Waals surface area contributed by atoms with Crippen molar-refractivity contribution in [2.45, 2.75) is 0 Å². The number of nitrogens with zero attached hydrogens (tertiary/aromatic N) is 5. The van der Waals surface area contributed by atoms with Crippen LogP contribution in [-0.2, 0) is 0 Å². The van der Waals surface area contributed by atoms with Gasteiger partial charge in [0.1, 0.15) is 22.3 Å². The predicted molar refractivity (Wildman–Crippen MR) is 266 cm³/mol. The molecule has 4 aromatic heterocycles. The number of rotatable bonds is 7. The van der Waals surface area contributed by atoms with E-state index >= 15 is 0 Å². The summed E-state index contributed by atoms with van der Waals surface area (Å²) in [4.78, 5) is 25.5. The van der Waals surface area contributed by atoms with E-state index in [2.05, 4.69) is 115 Å². The maximum Gasteiger partial charge on any atom is 0.167 e. The topological polar surface area (TPSA) is 90.7 Å². The van der Waals surface area contributed by atoms with Gasteiger partial charge in [0.2, 0.25) is 0 Å². The van der Waals surface area contributed by atoms with Crippen LogP contribution >= 0.6 is 0 Å². The summed E-state index contributed by atoms with van der Waals surface area (Å²) < 4.78 is 12.9. The van der Waals surface area contributed by atoms with Gasteiger partial charge in [-0.05, 0) is 76.5 Å². The fourth-order valence-corrected chi connectivity index (χ4v) is 9.04. The van der Waals surface area contributed by atoms with Gasteiger partial charge in [-0.25, -0.2) is 24.9 Å². The second-order valence-corrected chi connectivity index (χ2v) is 16.5. The first kappa shape index (κ1) is 37.5. The highest BCUT2D eigenvalue weighted by molar-refractivity contribution is 6.11. The quantitative estimate of drug-likeness (QED) is 0.158. The van der Waals surface area contributed by atoms with Crippen LogP contribution in [0.5, 0.6) is 0 Å². The SMILES string of the molecule is c1ccc(-c2nc(-c3cccc(-c4cccc(-c5nc(-c6ccccc6)nc(-c6cccc7c6oc6ccccc67)n5)c4)c3)cc(-c3ccc4c(c3)oc3cc5ccccc5cc34)n2)cc1. The zero-order valence-corrected chi connectivity index (χ0v) is 35.3. The molecule has 0 saturated heterocycles. The lowest BCUT2D eigenvalue weighted by atomic mass is 9.98. The molecule has 0 aliphatic carbocycles. The van der Waals surface area contributed by atoms with E-state index in [1.807, 2.05) is 97.1 Å². The minimum absolute atomic E-state index is 0.540. The summed E-state index contributed by atoms with van der Waals surface area (Å²) in [5.41, 5.74) is 12.3. The van der Waals surface area contributed by atoms with Gasteiger partial charge in [-0.2, -0.15) is 0 Å². The largest absolute Gasteiger partial charge is 0.456 e. The molecule has 0 radical (unpaired) electrons. The lowest BCUT2D eigenvalue weighted by molar-refractivity contribution is 0.669. The van der Waals surface area contributed by atoms with Crippen molar-refractivity contribution in [2.24, 2.45) is 0 Å². The van der Waals surface area contributed by atoms with Gasteiger partial charge in [0, 0.05) is 49.4 Å². The fourth-order valence-electron chi connectivity index (χ4n) is 9.04. The van der Waals surface area contributed by atoms with Crippen molar-refractivity contribution in [3.8, 4) is 79.2 Å². The number of hydrogen-bond acceptors (Lipinski definition) is 7. The first-order valence-corrected chi connectivity index (χ1v) is 21.9. The van der Waals surface area contributed by atoms with E-state index < -0.39 is 0 Å². The Hall–Kier alpha value is -9.07. The highest BCUT2D eigenvalue weighted by atomic mass is 16.3. The van der Waals surface area contributed by atoms with Crippen LogP contribution in [0.1, 0.15) is 0 Å². The van der Waals surface area contributed by atoms with Gasteiger partial charge in [-0.3, -0.25) is 0 Å². The van der Waals surface area contributed by atoms with Crippen LogP contribution in [0.15, 0.2) is 221 Å². The Kier molecular flexibility index (Phi) is 8.70. The Morgan fingerprint density at radius 3 is 1.53 bits per heavy atom. The van der Waals surface area contributed by atoms with Crippen molar-refractivity contribution >= 4 is 54.6 Å². The third-order valence-electron chi connectivity index (χ3n) is 12.3. The van der Waals surface area contributed by atoms with Crippen LogP contribution < -0.4 is 0 Å². The molecule has 0 amide bonds. The molecule has 7 nitrogen and oxygen atoms in total. The van der Waals surface area contributed by atoms with Crippen molar-refractivity contribution in [3.63, 3.8) is 0 Å². The van der Waals surface area contributed by atoms with Crippen LogP contribution in [0.25, 0.3) is 134 Å². The lowest BCUT2D eigenvalue weighted by Gasteiger charge is -2.12. The number of para-hydroxylation sites is 2. The Labute approximate surface area is 378 Å². The lowest BCUT2D eigenvalue weighted by Crippen LogP contribution is -2.00. The molecule has 7 heteroatoms. The molecular formula is C59H35N5O2. The summed E-state index contributed by atoms with van der Waals surface area (Å²) in [5, 5.41) is 6.56. The van der Waals surface area contributed by atoms with Crippen LogP contribution in [0.3, 0.4) is 0 Å². The van der Waals surface area contributed by atoms with Gasteiger partial charge in [-0.1, -0.05) is 158 Å². The monoisotopic (exact) mass is 845 g/mol. The second kappa shape index (κ2) is 15.3. The zero-order chi connectivity index (χ0) is 43.6. The number of benzene rings is 9. The van der Waals surface area contributed by atoms with Crippen molar-refractivity contribution in [3.05, 3.63) is 212 Å². The Morgan fingerprint density at radius 1 is 0.258 bits per heavy atom. The molecule has 0 N–H and O–H groups in total. The molecule has 0 fully saturated rings. The van der Waals surface area contributed by atoms with E-state index in [4.69, 9.17) is 33.8 Å². The number of aromatic nitrogens is 5. The molecule has 0 unspecified atom stereocenters. The van der Waals surface area contributed by atoms with E-state index in [0.29, 0.717) is 23.3 Å². The summed E-state index contributed by atoms with van der Waals surface area (Å²) in [6, 6.07) is 72.3. The summed E-state index contributed by atoms with van der Waals surface area (Å²) in [6.45, 7) is 0. The Balaban J connectivity index is 0.905. The van der Waals surface area contributed by atoms with Gasteiger partial charge < -0.3 is 8.83 Å². The van der Waals surface area contributed by atoms with Crippen molar-refractivity contribution in [2.75, 3.05) is 0 Å². The maximum atomic E-state index is 6.49. The summed E-state index contributed by atoms with van der Waals surface area (Å²) in [6.07, 6.45) is 0. The second-order valence-electron chi connectivity index (χ2n) is 16.5. The van der Waals surface area contributed by atoms with E-state index in [9.17, 15) is 0 Å². The highest BCUT2D eigenvalue weighted by Crippen LogP contribution is 2.38.